The van der Waals surface area contributed by atoms with E-state index in [0.29, 0.717) is 6.04 Å². The van der Waals surface area contributed by atoms with Crippen LogP contribution in [0.3, 0.4) is 0 Å². The van der Waals surface area contributed by atoms with Crippen LogP contribution in [0.25, 0.3) is 0 Å². The average Bonchev–Trinajstić information content (AvgIpc) is 2.87. The maximum absolute atomic E-state index is 4.37. The van der Waals surface area contributed by atoms with E-state index in [0.717, 1.165) is 5.82 Å². The van der Waals surface area contributed by atoms with Gasteiger partial charge < -0.3 is 4.98 Å². The lowest BCUT2D eigenvalue weighted by atomic mass is 10.2. The number of H-pyrrole nitrogens is 1. The molecule has 0 aliphatic carbocycles. The number of hydrogen-bond acceptors (Lipinski definition) is 3. The summed E-state index contributed by atoms with van der Waals surface area (Å²) in [5.74, 6) is 3.61. The molecule has 1 aliphatic heterocycles. The maximum atomic E-state index is 4.37. The van der Waals surface area contributed by atoms with E-state index in [1.807, 2.05) is 24.2 Å². The van der Waals surface area contributed by atoms with Gasteiger partial charge in [0, 0.05) is 24.7 Å². The first-order valence-corrected chi connectivity index (χ1v) is 6.88. The third-order valence-electron chi connectivity index (χ3n) is 2.93. The fourth-order valence-electron chi connectivity index (χ4n) is 2.19. The van der Waals surface area contributed by atoms with Crippen LogP contribution < -0.4 is 0 Å². The van der Waals surface area contributed by atoms with E-state index in [9.17, 15) is 0 Å². The summed E-state index contributed by atoms with van der Waals surface area (Å²) in [6.07, 6.45) is 6.34. The predicted octanol–water partition coefficient (Wildman–Crippen LogP) is 2.30. The quantitative estimate of drug-likeness (QED) is 0.780. The Labute approximate surface area is 95.7 Å². The van der Waals surface area contributed by atoms with Crippen molar-refractivity contribution in [3.8, 4) is 0 Å². The van der Waals surface area contributed by atoms with Gasteiger partial charge in [-0.2, -0.15) is 11.8 Å². The predicted molar refractivity (Wildman–Crippen MR) is 65.1 cm³/mol. The third kappa shape index (κ3) is 2.75. The molecule has 3 nitrogen and oxygen atoms in total. The lowest BCUT2D eigenvalue weighted by molar-refractivity contribution is 0.265. The fraction of sp³-hybridized carbons (Fsp3) is 0.727. The molecule has 2 rings (SSSR count). The van der Waals surface area contributed by atoms with Crippen LogP contribution in [0, 0.1) is 0 Å². The molecule has 1 aliphatic rings. The molecule has 15 heavy (non-hydrogen) atoms. The Bertz CT molecular complexity index is 273. The second-order valence-corrected chi connectivity index (χ2v) is 5.26. The molecule has 0 radical (unpaired) electrons. The molecular weight excluding hydrogens is 206 g/mol. The Kier molecular flexibility index (Phi) is 4.09. The highest BCUT2D eigenvalue weighted by atomic mass is 32.2. The van der Waals surface area contributed by atoms with E-state index in [1.165, 1.54) is 37.4 Å². The van der Waals surface area contributed by atoms with E-state index in [4.69, 9.17) is 0 Å². The first-order chi connectivity index (χ1) is 7.42. The number of rotatable bonds is 5. The molecule has 1 atom stereocenters. The monoisotopic (exact) mass is 225 g/mol. The van der Waals surface area contributed by atoms with Gasteiger partial charge in [0.2, 0.25) is 0 Å². The smallest absolute Gasteiger partial charge is 0.123 e. The molecule has 0 saturated carbocycles. The van der Waals surface area contributed by atoms with Crippen molar-refractivity contribution >= 4 is 11.8 Å². The zero-order valence-corrected chi connectivity index (χ0v) is 10.1. The van der Waals surface area contributed by atoms with Crippen LogP contribution in [0.5, 0.6) is 0 Å². The Morgan fingerprint density at radius 2 is 2.60 bits per heavy atom. The van der Waals surface area contributed by atoms with Crippen LogP contribution in [0.15, 0.2) is 12.4 Å². The van der Waals surface area contributed by atoms with E-state index < -0.39 is 0 Å². The lowest BCUT2D eigenvalue weighted by Gasteiger charge is -2.22. The summed E-state index contributed by atoms with van der Waals surface area (Å²) >= 11 is 2.02. The van der Waals surface area contributed by atoms with Gasteiger partial charge in [-0.1, -0.05) is 6.92 Å². The third-order valence-corrected chi connectivity index (χ3v) is 3.81. The van der Waals surface area contributed by atoms with Crippen LogP contribution in [-0.4, -0.2) is 39.5 Å². The summed E-state index contributed by atoms with van der Waals surface area (Å²) in [4.78, 5) is 10.2. The topological polar surface area (TPSA) is 31.9 Å². The minimum Gasteiger partial charge on any atom is -0.347 e. The molecule has 4 heteroatoms. The SMILES string of the molecule is CCSCCN1CCC[C@@H]1c1ncc[nH]1. The summed E-state index contributed by atoms with van der Waals surface area (Å²) in [6, 6.07) is 0.539. The number of aromatic nitrogens is 2. The molecule has 84 valence electrons. The number of thioether (sulfide) groups is 1. The van der Waals surface area contributed by atoms with Crippen molar-refractivity contribution < 1.29 is 0 Å². The number of imidazole rings is 1. The molecule has 0 unspecified atom stereocenters. The summed E-state index contributed by atoms with van der Waals surface area (Å²) in [5.41, 5.74) is 0. The van der Waals surface area contributed by atoms with Crippen molar-refractivity contribution in [3.63, 3.8) is 0 Å². The van der Waals surface area contributed by atoms with Gasteiger partial charge in [0.25, 0.3) is 0 Å². The number of aromatic amines is 1. The van der Waals surface area contributed by atoms with E-state index in [2.05, 4.69) is 21.8 Å². The highest BCUT2D eigenvalue weighted by Crippen LogP contribution is 2.29. The van der Waals surface area contributed by atoms with Gasteiger partial charge >= 0.3 is 0 Å². The van der Waals surface area contributed by atoms with Gasteiger partial charge in [0.15, 0.2) is 0 Å². The molecule has 1 aromatic rings. The molecule has 2 heterocycles. The molecule has 0 amide bonds. The van der Waals surface area contributed by atoms with Gasteiger partial charge in [-0.15, -0.1) is 0 Å². The normalized spacial score (nSPS) is 22.3. The Hall–Kier alpha value is -0.480. The van der Waals surface area contributed by atoms with Crippen LogP contribution in [0.2, 0.25) is 0 Å². The largest absolute Gasteiger partial charge is 0.347 e. The van der Waals surface area contributed by atoms with E-state index in [-0.39, 0.29) is 0 Å². The summed E-state index contributed by atoms with van der Waals surface area (Å²) in [6.45, 7) is 4.65. The van der Waals surface area contributed by atoms with Crippen LogP contribution in [0.4, 0.5) is 0 Å². The van der Waals surface area contributed by atoms with Crippen molar-refractivity contribution in [2.24, 2.45) is 0 Å². The van der Waals surface area contributed by atoms with Gasteiger partial charge in [-0.25, -0.2) is 4.98 Å². The Morgan fingerprint density at radius 3 is 3.33 bits per heavy atom. The van der Waals surface area contributed by atoms with E-state index >= 15 is 0 Å². The number of nitrogens with zero attached hydrogens (tertiary/aromatic N) is 2. The minimum atomic E-state index is 0.539. The molecule has 1 fully saturated rings. The van der Waals surface area contributed by atoms with Gasteiger partial charge in [0.05, 0.1) is 6.04 Å². The van der Waals surface area contributed by atoms with Crippen LogP contribution in [0.1, 0.15) is 31.6 Å². The van der Waals surface area contributed by atoms with Crippen molar-refractivity contribution in [2.75, 3.05) is 24.6 Å². The fourth-order valence-corrected chi connectivity index (χ4v) is 2.84. The average molecular weight is 225 g/mol. The Balaban J connectivity index is 1.88. The molecule has 0 spiro atoms. The second kappa shape index (κ2) is 5.56. The van der Waals surface area contributed by atoms with Gasteiger partial charge in [0.1, 0.15) is 5.82 Å². The molecular formula is C11H19N3S. The number of likely N-dealkylation sites (tertiary alicyclic amines) is 1. The van der Waals surface area contributed by atoms with Gasteiger partial charge in [-0.05, 0) is 25.1 Å². The van der Waals surface area contributed by atoms with E-state index in [1.54, 1.807) is 0 Å². The first kappa shape index (κ1) is 11.0. The molecule has 1 saturated heterocycles. The molecule has 1 aromatic heterocycles. The maximum Gasteiger partial charge on any atom is 0.123 e. The van der Waals surface area contributed by atoms with Crippen molar-refractivity contribution in [1.29, 1.82) is 0 Å². The number of hydrogen-bond donors (Lipinski definition) is 1. The van der Waals surface area contributed by atoms with Crippen molar-refractivity contribution in [2.45, 2.75) is 25.8 Å². The first-order valence-electron chi connectivity index (χ1n) is 5.73. The summed E-state index contributed by atoms with van der Waals surface area (Å²) in [7, 11) is 0. The number of nitrogens with one attached hydrogen (secondary N) is 1. The highest BCUT2D eigenvalue weighted by Gasteiger charge is 2.26. The zero-order chi connectivity index (χ0) is 10.5. The summed E-state index contributed by atoms with van der Waals surface area (Å²) < 4.78 is 0. The zero-order valence-electron chi connectivity index (χ0n) is 9.28. The van der Waals surface area contributed by atoms with Crippen LogP contribution in [-0.2, 0) is 0 Å². The minimum absolute atomic E-state index is 0.539. The van der Waals surface area contributed by atoms with Crippen LogP contribution >= 0.6 is 11.8 Å². The molecule has 0 bridgehead atoms. The van der Waals surface area contributed by atoms with Crippen molar-refractivity contribution in [1.82, 2.24) is 14.9 Å². The highest BCUT2D eigenvalue weighted by molar-refractivity contribution is 7.99. The molecule has 0 aromatic carbocycles. The standard InChI is InChI=1S/C11H19N3S/c1-2-15-9-8-14-7-3-4-10(14)11-12-5-6-13-11/h5-6,10H,2-4,7-9H2,1H3,(H,12,13)/t10-/m1/s1. The second-order valence-electron chi connectivity index (χ2n) is 3.87. The Morgan fingerprint density at radius 1 is 1.67 bits per heavy atom. The summed E-state index contributed by atoms with van der Waals surface area (Å²) in [5, 5.41) is 0. The van der Waals surface area contributed by atoms with Gasteiger partial charge in [-0.3, -0.25) is 4.90 Å². The van der Waals surface area contributed by atoms with Crippen molar-refractivity contribution in [3.05, 3.63) is 18.2 Å². The lowest BCUT2D eigenvalue weighted by Crippen LogP contribution is -2.26. The molecule has 1 N–H and O–H groups in total.